The molecule has 1 rings (SSSR count). The molecule has 16 heavy (non-hydrogen) atoms. The largest absolute Gasteiger partial charge is 0.573 e. The van der Waals surface area contributed by atoms with Crippen LogP contribution in [0, 0.1) is 0 Å². The predicted octanol–water partition coefficient (Wildman–Crippen LogP) is 2.77. The Kier molecular flexibility index (Phi) is 3.41. The summed E-state index contributed by atoms with van der Waals surface area (Å²) in [6.45, 7) is 1.45. The minimum Gasteiger partial charge on any atom is -0.481 e. The molecule has 1 aromatic carbocycles. The van der Waals surface area contributed by atoms with E-state index in [1.165, 1.54) is 19.1 Å². The number of hydrogen-bond donors (Lipinski definition) is 1. The Labute approximate surface area is 89.5 Å². The molecule has 0 heterocycles. The van der Waals surface area contributed by atoms with Crippen LogP contribution in [-0.2, 0) is 4.79 Å². The van der Waals surface area contributed by atoms with Gasteiger partial charge in [-0.15, -0.1) is 13.2 Å². The van der Waals surface area contributed by atoms with E-state index in [1.807, 2.05) is 0 Å². The smallest absolute Gasteiger partial charge is 0.481 e. The normalized spacial score (nSPS) is 13.2. The minimum atomic E-state index is -4.74. The molecule has 0 amide bonds. The Balaban J connectivity index is 2.79. The van der Waals surface area contributed by atoms with Gasteiger partial charge >= 0.3 is 12.3 Å². The zero-order valence-electron chi connectivity index (χ0n) is 8.28. The highest BCUT2D eigenvalue weighted by molar-refractivity contribution is 5.75. The Morgan fingerprint density at radius 2 is 1.81 bits per heavy atom. The molecule has 0 aliphatic rings. The van der Waals surface area contributed by atoms with Crippen LogP contribution in [0.3, 0.4) is 0 Å². The minimum absolute atomic E-state index is 0.367. The third-order valence-corrected chi connectivity index (χ3v) is 1.98. The van der Waals surface area contributed by atoms with Crippen LogP contribution in [0.5, 0.6) is 5.75 Å². The first-order chi connectivity index (χ1) is 7.29. The van der Waals surface area contributed by atoms with Crippen molar-refractivity contribution in [1.29, 1.82) is 0 Å². The number of alkyl halides is 3. The van der Waals surface area contributed by atoms with E-state index in [0.29, 0.717) is 5.56 Å². The van der Waals surface area contributed by atoms with Crippen molar-refractivity contribution in [2.24, 2.45) is 0 Å². The molecule has 3 nitrogen and oxygen atoms in total. The van der Waals surface area contributed by atoms with Crippen LogP contribution < -0.4 is 4.74 Å². The monoisotopic (exact) mass is 234 g/mol. The molecular weight excluding hydrogens is 225 g/mol. The Morgan fingerprint density at radius 3 is 2.19 bits per heavy atom. The lowest BCUT2D eigenvalue weighted by atomic mass is 10.0. The third-order valence-electron chi connectivity index (χ3n) is 1.98. The zero-order chi connectivity index (χ0) is 12.3. The summed E-state index contributed by atoms with van der Waals surface area (Å²) in [6.07, 6.45) is -4.74. The van der Waals surface area contributed by atoms with Gasteiger partial charge in [0.05, 0.1) is 5.92 Å². The fraction of sp³-hybridized carbons (Fsp3) is 0.300. The van der Waals surface area contributed by atoms with Gasteiger partial charge in [-0.3, -0.25) is 4.79 Å². The second kappa shape index (κ2) is 4.42. The molecule has 0 unspecified atom stereocenters. The molecular formula is C10H9F3O3. The number of carboxylic acid groups (broad SMARTS) is 1. The number of carboxylic acids is 1. The van der Waals surface area contributed by atoms with Crippen LogP contribution in [0.2, 0.25) is 0 Å². The average molecular weight is 234 g/mol. The van der Waals surface area contributed by atoms with Crippen LogP contribution in [0.1, 0.15) is 18.4 Å². The molecule has 0 fully saturated rings. The number of hydrogen-bond acceptors (Lipinski definition) is 2. The summed E-state index contributed by atoms with van der Waals surface area (Å²) in [4.78, 5) is 10.6. The summed E-state index contributed by atoms with van der Waals surface area (Å²) in [7, 11) is 0. The maximum atomic E-state index is 11.8. The number of aliphatic carboxylic acids is 1. The Bertz CT molecular complexity index is 370. The molecule has 0 saturated carbocycles. The fourth-order valence-electron chi connectivity index (χ4n) is 1.10. The maximum absolute atomic E-state index is 11.8. The second-order valence-electron chi connectivity index (χ2n) is 3.18. The molecule has 0 bridgehead atoms. The van der Waals surface area contributed by atoms with Crippen molar-refractivity contribution in [3.63, 3.8) is 0 Å². The van der Waals surface area contributed by atoms with Gasteiger partial charge in [-0.1, -0.05) is 12.1 Å². The van der Waals surface area contributed by atoms with Gasteiger partial charge in [-0.05, 0) is 24.6 Å². The number of benzene rings is 1. The van der Waals surface area contributed by atoms with Crippen molar-refractivity contribution in [3.05, 3.63) is 29.8 Å². The lowest BCUT2D eigenvalue weighted by molar-refractivity contribution is -0.274. The predicted molar refractivity (Wildman–Crippen MR) is 49.2 cm³/mol. The van der Waals surface area contributed by atoms with E-state index in [-0.39, 0.29) is 5.75 Å². The molecule has 1 N–H and O–H groups in total. The molecule has 1 atom stereocenters. The highest BCUT2D eigenvalue weighted by Crippen LogP contribution is 2.24. The average Bonchev–Trinajstić information content (AvgIpc) is 2.15. The summed E-state index contributed by atoms with van der Waals surface area (Å²) < 4.78 is 39.1. The molecule has 88 valence electrons. The Hall–Kier alpha value is -1.72. The first-order valence-electron chi connectivity index (χ1n) is 4.38. The second-order valence-corrected chi connectivity index (χ2v) is 3.18. The number of carbonyl (C=O) groups is 1. The van der Waals surface area contributed by atoms with Gasteiger partial charge in [-0.2, -0.15) is 0 Å². The first-order valence-corrected chi connectivity index (χ1v) is 4.38. The Morgan fingerprint density at radius 1 is 1.31 bits per heavy atom. The molecule has 0 aliphatic carbocycles. The molecule has 6 heteroatoms. The SMILES string of the molecule is C[C@@H](C(=O)O)c1ccc(OC(F)(F)F)cc1. The van der Waals surface area contributed by atoms with Gasteiger partial charge in [-0.25, -0.2) is 0 Å². The van der Waals surface area contributed by atoms with E-state index < -0.39 is 18.2 Å². The molecule has 0 spiro atoms. The molecule has 1 aromatic rings. The summed E-state index contributed by atoms with van der Waals surface area (Å²) in [5, 5.41) is 8.68. The van der Waals surface area contributed by atoms with Gasteiger partial charge in [0.25, 0.3) is 0 Å². The van der Waals surface area contributed by atoms with E-state index in [1.54, 1.807) is 0 Å². The topological polar surface area (TPSA) is 46.5 Å². The maximum Gasteiger partial charge on any atom is 0.573 e. The van der Waals surface area contributed by atoms with Crippen molar-refractivity contribution in [2.45, 2.75) is 19.2 Å². The first kappa shape index (κ1) is 12.4. The van der Waals surface area contributed by atoms with Crippen LogP contribution in [0.15, 0.2) is 24.3 Å². The zero-order valence-corrected chi connectivity index (χ0v) is 8.28. The summed E-state index contributed by atoms with van der Waals surface area (Å²) in [5.41, 5.74) is 0.419. The van der Waals surface area contributed by atoms with Crippen LogP contribution in [0.4, 0.5) is 13.2 Å². The number of halogens is 3. The van der Waals surface area contributed by atoms with Crippen molar-refractivity contribution in [2.75, 3.05) is 0 Å². The fourth-order valence-corrected chi connectivity index (χ4v) is 1.10. The standard InChI is InChI=1S/C10H9F3O3/c1-6(9(14)15)7-2-4-8(5-3-7)16-10(11,12)13/h2-6H,1H3,(H,14,15)/t6-/m1/s1. The van der Waals surface area contributed by atoms with E-state index in [4.69, 9.17) is 5.11 Å². The molecule has 0 radical (unpaired) electrons. The quantitative estimate of drug-likeness (QED) is 0.874. The van der Waals surface area contributed by atoms with Crippen molar-refractivity contribution in [1.82, 2.24) is 0 Å². The highest BCUT2D eigenvalue weighted by Gasteiger charge is 2.31. The van der Waals surface area contributed by atoms with E-state index in [0.717, 1.165) is 12.1 Å². The van der Waals surface area contributed by atoms with Crippen molar-refractivity contribution in [3.8, 4) is 5.75 Å². The van der Waals surface area contributed by atoms with Crippen molar-refractivity contribution < 1.29 is 27.8 Å². The van der Waals surface area contributed by atoms with Gasteiger partial charge in [0.1, 0.15) is 5.75 Å². The van der Waals surface area contributed by atoms with E-state index in [9.17, 15) is 18.0 Å². The van der Waals surface area contributed by atoms with Gasteiger partial charge < -0.3 is 9.84 Å². The van der Waals surface area contributed by atoms with Crippen LogP contribution >= 0.6 is 0 Å². The molecule has 0 aliphatic heterocycles. The van der Waals surface area contributed by atoms with E-state index >= 15 is 0 Å². The van der Waals surface area contributed by atoms with Crippen LogP contribution in [0.25, 0.3) is 0 Å². The lowest BCUT2D eigenvalue weighted by Crippen LogP contribution is -2.17. The van der Waals surface area contributed by atoms with Crippen LogP contribution in [-0.4, -0.2) is 17.4 Å². The van der Waals surface area contributed by atoms with Gasteiger partial charge in [0, 0.05) is 0 Å². The number of rotatable bonds is 3. The van der Waals surface area contributed by atoms with Gasteiger partial charge in [0.15, 0.2) is 0 Å². The summed E-state index contributed by atoms with van der Waals surface area (Å²) >= 11 is 0. The molecule has 0 saturated heterocycles. The number of ether oxygens (including phenoxy) is 1. The third kappa shape index (κ3) is 3.45. The highest BCUT2D eigenvalue weighted by atomic mass is 19.4. The molecule has 0 aromatic heterocycles. The summed E-state index contributed by atoms with van der Waals surface area (Å²) in [6, 6.07) is 4.75. The van der Waals surface area contributed by atoms with Gasteiger partial charge in [0.2, 0.25) is 0 Å². The van der Waals surface area contributed by atoms with E-state index in [2.05, 4.69) is 4.74 Å². The lowest BCUT2D eigenvalue weighted by Gasteiger charge is -2.10. The summed E-state index contributed by atoms with van der Waals surface area (Å²) in [5.74, 6) is -2.17. The van der Waals surface area contributed by atoms with Crippen molar-refractivity contribution >= 4 is 5.97 Å².